The number of nitrogen functional groups attached to an aromatic ring is 1. The largest absolute Gasteiger partial charge is 0.464 e. The number of anilines is 2. The van der Waals surface area contributed by atoms with Crippen LogP contribution >= 0.6 is 0 Å². The van der Waals surface area contributed by atoms with Crippen LogP contribution in [0, 0.1) is 12.7 Å². The van der Waals surface area contributed by atoms with E-state index in [9.17, 15) is 4.39 Å². The second kappa shape index (κ2) is 4.40. The number of halogens is 1. The molecule has 0 amide bonds. The third-order valence-electron chi connectivity index (χ3n) is 2.29. The summed E-state index contributed by atoms with van der Waals surface area (Å²) in [6.07, 6.45) is 1.06. The molecule has 6 heteroatoms. The molecule has 0 spiro atoms. The molecule has 2 N–H and O–H groups in total. The summed E-state index contributed by atoms with van der Waals surface area (Å²) in [6, 6.07) is 3.70. The van der Waals surface area contributed by atoms with E-state index in [2.05, 4.69) is 9.97 Å². The van der Waals surface area contributed by atoms with Gasteiger partial charge in [-0.05, 0) is 19.1 Å². The minimum absolute atomic E-state index is 0.0453. The van der Waals surface area contributed by atoms with Crippen LogP contribution in [-0.2, 0) is 6.54 Å². The van der Waals surface area contributed by atoms with E-state index >= 15 is 0 Å². The van der Waals surface area contributed by atoms with Crippen LogP contribution in [-0.4, -0.2) is 17.0 Å². The van der Waals surface area contributed by atoms with E-state index in [1.807, 2.05) is 19.1 Å². The van der Waals surface area contributed by atoms with Crippen molar-refractivity contribution in [1.82, 2.24) is 9.97 Å². The molecule has 0 saturated carbocycles. The number of aryl methyl sites for hydroxylation is 1. The zero-order valence-corrected chi connectivity index (χ0v) is 9.64. The molecular formula is C11H13FN4O. The fourth-order valence-electron chi connectivity index (χ4n) is 1.52. The van der Waals surface area contributed by atoms with Crippen molar-refractivity contribution in [3.05, 3.63) is 35.7 Å². The summed E-state index contributed by atoms with van der Waals surface area (Å²) in [5.41, 5.74) is 5.42. The lowest BCUT2D eigenvalue weighted by Crippen LogP contribution is -2.19. The van der Waals surface area contributed by atoms with Crippen LogP contribution in [0.1, 0.15) is 11.5 Å². The lowest BCUT2D eigenvalue weighted by atomic mass is 10.4. The Hall–Kier alpha value is -2.11. The van der Waals surface area contributed by atoms with Crippen molar-refractivity contribution in [1.29, 1.82) is 0 Å². The Morgan fingerprint density at radius 2 is 2.24 bits per heavy atom. The van der Waals surface area contributed by atoms with E-state index in [0.717, 1.165) is 17.7 Å². The highest BCUT2D eigenvalue weighted by atomic mass is 19.1. The highest BCUT2D eigenvalue weighted by molar-refractivity contribution is 5.41. The monoisotopic (exact) mass is 236 g/mol. The Morgan fingerprint density at radius 3 is 2.88 bits per heavy atom. The van der Waals surface area contributed by atoms with Gasteiger partial charge in [-0.3, -0.25) is 0 Å². The van der Waals surface area contributed by atoms with Gasteiger partial charge in [0, 0.05) is 7.05 Å². The molecule has 2 aromatic heterocycles. The van der Waals surface area contributed by atoms with Crippen LogP contribution in [0.2, 0.25) is 0 Å². The van der Waals surface area contributed by atoms with Gasteiger partial charge < -0.3 is 15.1 Å². The Morgan fingerprint density at radius 1 is 1.47 bits per heavy atom. The second-order valence-corrected chi connectivity index (χ2v) is 3.77. The van der Waals surface area contributed by atoms with Crippen molar-refractivity contribution in [2.75, 3.05) is 17.7 Å². The van der Waals surface area contributed by atoms with Gasteiger partial charge in [-0.15, -0.1) is 0 Å². The molecule has 0 aromatic carbocycles. The average Bonchev–Trinajstić information content (AvgIpc) is 2.67. The minimum Gasteiger partial charge on any atom is -0.464 e. The molecule has 2 aromatic rings. The van der Waals surface area contributed by atoms with E-state index in [4.69, 9.17) is 10.2 Å². The number of nitrogens with two attached hydrogens (primary N) is 1. The molecule has 5 nitrogen and oxygen atoms in total. The first kappa shape index (κ1) is 11.4. The number of hydrogen-bond donors (Lipinski definition) is 1. The van der Waals surface area contributed by atoms with Crippen LogP contribution in [0.15, 0.2) is 22.7 Å². The van der Waals surface area contributed by atoms with Crippen LogP contribution < -0.4 is 10.6 Å². The van der Waals surface area contributed by atoms with Crippen LogP contribution in [0.4, 0.5) is 16.2 Å². The highest BCUT2D eigenvalue weighted by Gasteiger charge is 2.12. The quantitative estimate of drug-likeness (QED) is 0.879. The first-order valence-electron chi connectivity index (χ1n) is 5.10. The van der Waals surface area contributed by atoms with E-state index in [0.29, 0.717) is 6.54 Å². The number of hydrogen-bond acceptors (Lipinski definition) is 5. The predicted octanol–water partition coefficient (Wildman–Crippen LogP) is 1.74. The van der Waals surface area contributed by atoms with E-state index in [1.165, 1.54) is 0 Å². The molecule has 0 aliphatic carbocycles. The first-order chi connectivity index (χ1) is 8.06. The third kappa shape index (κ3) is 2.52. The van der Waals surface area contributed by atoms with Crippen molar-refractivity contribution in [3.63, 3.8) is 0 Å². The molecular weight excluding hydrogens is 223 g/mol. The molecule has 2 rings (SSSR count). The third-order valence-corrected chi connectivity index (χ3v) is 2.29. The lowest BCUT2D eigenvalue weighted by molar-refractivity contribution is 0.479. The summed E-state index contributed by atoms with van der Waals surface area (Å²) < 4.78 is 18.9. The molecule has 2 heterocycles. The molecule has 17 heavy (non-hydrogen) atoms. The molecule has 0 aliphatic heterocycles. The van der Waals surface area contributed by atoms with Gasteiger partial charge in [0.15, 0.2) is 11.6 Å². The van der Waals surface area contributed by atoms with Crippen molar-refractivity contribution >= 4 is 11.8 Å². The number of furan rings is 1. The molecule has 0 unspecified atom stereocenters. The molecule has 90 valence electrons. The minimum atomic E-state index is -0.509. The predicted molar refractivity (Wildman–Crippen MR) is 62.0 cm³/mol. The molecule has 0 aliphatic rings. The van der Waals surface area contributed by atoms with Gasteiger partial charge in [0.25, 0.3) is 0 Å². The van der Waals surface area contributed by atoms with Crippen molar-refractivity contribution < 1.29 is 8.81 Å². The summed E-state index contributed by atoms with van der Waals surface area (Å²) in [4.78, 5) is 9.04. The van der Waals surface area contributed by atoms with Gasteiger partial charge in [-0.1, -0.05) is 0 Å². The van der Waals surface area contributed by atoms with Crippen molar-refractivity contribution in [2.24, 2.45) is 0 Å². The van der Waals surface area contributed by atoms with Gasteiger partial charge in [0.2, 0.25) is 5.95 Å². The Kier molecular flexibility index (Phi) is 2.95. The molecule has 0 radical (unpaired) electrons. The van der Waals surface area contributed by atoms with Gasteiger partial charge >= 0.3 is 0 Å². The fraction of sp³-hybridized carbons (Fsp3) is 0.273. The van der Waals surface area contributed by atoms with Gasteiger partial charge in [-0.2, -0.15) is 4.98 Å². The Labute approximate surface area is 98.1 Å². The maximum Gasteiger partial charge on any atom is 0.222 e. The second-order valence-electron chi connectivity index (χ2n) is 3.77. The number of nitrogens with zero attached hydrogens (tertiary/aromatic N) is 3. The van der Waals surface area contributed by atoms with Gasteiger partial charge in [0.05, 0.1) is 12.7 Å². The average molecular weight is 236 g/mol. The Balaban J connectivity index is 2.19. The zero-order chi connectivity index (χ0) is 12.4. The van der Waals surface area contributed by atoms with E-state index in [-0.39, 0.29) is 11.8 Å². The normalized spacial score (nSPS) is 10.5. The number of aromatic nitrogens is 2. The van der Waals surface area contributed by atoms with E-state index < -0.39 is 5.82 Å². The lowest BCUT2D eigenvalue weighted by Gasteiger charge is -2.17. The van der Waals surface area contributed by atoms with Crippen LogP contribution in [0.3, 0.4) is 0 Å². The highest BCUT2D eigenvalue weighted by Crippen LogP contribution is 2.18. The molecule has 0 fully saturated rings. The Bertz CT molecular complexity index is 526. The smallest absolute Gasteiger partial charge is 0.222 e. The van der Waals surface area contributed by atoms with Gasteiger partial charge in [0.1, 0.15) is 11.5 Å². The zero-order valence-electron chi connectivity index (χ0n) is 9.64. The summed E-state index contributed by atoms with van der Waals surface area (Å²) in [5, 5.41) is 0. The van der Waals surface area contributed by atoms with Crippen molar-refractivity contribution in [2.45, 2.75) is 13.5 Å². The summed E-state index contributed by atoms with van der Waals surface area (Å²) in [7, 11) is 1.71. The maximum absolute atomic E-state index is 13.5. The number of rotatable bonds is 3. The summed E-state index contributed by atoms with van der Waals surface area (Å²) in [6.45, 7) is 2.27. The van der Waals surface area contributed by atoms with Crippen molar-refractivity contribution in [3.8, 4) is 0 Å². The molecule has 0 atom stereocenters. The SMILES string of the molecule is Cc1ccc(CN(C)c2nc(N)ncc2F)o1. The van der Waals surface area contributed by atoms with Gasteiger partial charge in [-0.25, -0.2) is 9.37 Å². The van der Waals surface area contributed by atoms with Crippen LogP contribution in [0.5, 0.6) is 0 Å². The molecule has 0 saturated heterocycles. The summed E-state index contributed by atoms with van der Waals surface area (Å²) >= 11 is 0. The molecule has 0 bridgehead atoms. The first-order valence-corrected chi connectivity index (χ1v) is 5.10. The topological polar surface area (TPSA) is 68.2 Å². The van der Waals surface area contributed by atoms with Crippen LogP contribution in [0.25, 0.3) is 0 Å². The van der Waals surface area contributed by atoms with E-state index in [1.54, 1.807) is 11.9 Å². The standard InChI is InChI=1S/C11H13FN4O/c1-7-3-4-8(17-7)6-16(2)10-9(12)5-14-11(13)15-10/h3-5H,6H2,1-2H3,(H2,13,14,15). The fourth-order valence-corrected chi connectivity index (χ4v) is 1.52. The maximum atomic E-state index is 13.5. The summed E-state index contributed by atoms with van der Waals surface area (Å²) in [5.74, 6) is 1.25.